The third-order valence-corrected chi connectivity index (χ3v) is 7.95. The highest BCUT2D eigenvalue weighted by molar-refractivity contribution is 7.64. The number of rotatable bonds is 9. The molecule has 26 heavy (non-hydrogen) atoms. The van der Waals surface area contributed by atoms with E-state index in [0.29, 0.717) is 30.8 Å². The lowest BCUT2D eigenvalue weighted by molar-refractivity contribution is 0.0433. The third-order valence-electron chi connectivity index (χ3n) is 5.37. The van der Waals surface area contributed by atoms with Gasteiger partial charge in [-0.2, -0.15) is 0 Å². The van der Waals surface area contributed by atoms with Crippen molar-refractivity contribution in [1.82, 2.24) is 4.67 Å². The van der Waals surface area contributed by atoms with Crippen molar-refractivity contribution in [2.75, 3.05) is 13.1 Å². The summed E-state index contributed by atoms with van der Waals surface area (Å²) in [6.07, 6.45) is 6.91. The molecule has 0 N–H and O–H groups in total. The normalized spacial score (nSPS) is 25.8. The van der Waals surface area contributed by atoms with Crippen LogP contribution in [0.1, 0.15) is 40.0 Å². The standard InChI is InChI=1S/C22H34NO2P/c1-6-15-23(16-7-2)26(24,20-11-9-8-10-12-20)25-22-17-19(5)13-14-21(22)18(3)4/h6-12,18-19,21-22H,1-2,13-17H2,3-5H3/t19-,21+,22-,26-/m1/s1. The minimum absolute atomic E-state index is 0.0157. The van der Waals surface area contributed by atoms with E-state index in [9.17, 15) is 4.57 Å². The SMILES string of the molecule is C=CCN(CC=C)[P@](=O)(O[C@@H]1C[C@H](C)CC[C@H]1C(C)C)c1ccccc1. The first-order valence-electron chi connectivity index (χ1n) is 9.73. The second kappa shape index (κ2) is 9.69. The lowest BCUT2D eigenvalue weighted by Crippen LogP contribution is -2.37. The van der Waals surface area contributed by atoms with Crippen LogP contribution in [0, 0.1) is 17.8 Å². The predicted molar refractivity (Wildman–Crippen MR) is 112 cm³/mol. The summed E-state index contributed by atoms with van der Waals surface area (Å²) in [5, 5.41) is 0.754. The molecule has 1 saturated carbocycles. The molecule has 0 saturated heterocycles. The summed E-state index contributed by atoms with van der Waals surface area (Å²) in [5.74, 6) is 1.56. The molecule has 0 heterocycles. The second-order valence-corrected chi connectivity index (χ2v) is 10.1. The third kappa shape index (κ3) is 4.97. The van der Waals surface area contributed by atoms with E-state index in [1.165, 1.54) is 6.42 Å². The van der Waals surface area contributed by atoms with Crippen molar-refractivity contribution in [3.63, 3.8) is 0 Å². The van der Waals surface area contributed by atoms with Crippen molar-refractivity contribution in [3.05, 3.63) is 55.6 Å². The van der Waals surface area contributed by atoms with Gasteiger partial charge in [0.15, 0.2) is 0 Å². The molecule has 0 unspecified atom stereocenters. The van der Waals surface area contributed by atoms with Gasteiger partial charge in [0, 0.05) is 13.1 Å². The van der Waals surface area contributed by atoms with Crippen LogP contribution in [0.4, 0.5) is 0 Å². The van der Waals surface area contributed by atoms with Gasteiger partial charge in [0.05, 0.1) is 11.4 Å². The van der Waals surface area contributed by atoms with E-state index in [0.717, 1.165) is 18.1 Å². The molecule has 4 atom stereocenters. The van der Waals surface area contributed by atoms with E-state index >= 15 is 0 Å². The smallest absolute Gasteiger partial charge is 0.303 e. The maximum Gasteiger partial charge on any atom is 0.303 e. The molecule has 0 aromatic heterocycles. The lowest BCUT2D eigenvalue weighted by atomic mass is 9.75. The molecular weight excluding hydrogens is 341 g/mol. The van der Waals surface area contributed by atoms with Crippen molar-refractivity contribution < 1.29 is 9.09 Å². The summed E-state index contributed by atoms with van der Waals surface area (Å²) < 4.78 is 22.7. The Bertz CT molecular complexity index is 618. The van der Waals surface area contributed by atoms with Crippen LogP contribution < -0.4 is 5.30 Å². The fourth-order valence-electron chi connectivity index (χ4n) is 3.91. The van der Waals surface area contributed by atoms with Crippen molar-refractivity contribution in [1.29, 1.82) is 0 Å². The van der Waals surface area contributed by atoms with Crippen LogP contribution in [0.25, 0.3) is 0 Å². The summed E-state index contributed by atoms with van der Waals surface area (Å²) in [4.78, 5) is 0. The largest absolute Gasteiger partial charge is 0.310 e. The zero-order valence-corrected chi connectivity index (χ0v) is 17.4. The first kappa shape index (κ1) is 21.2. The number of nitrogens with zero attached hydrogens (tertiary/aromatic N) is 1. The van der Waals surface area contributed by atoms with E-state index < -0.39 is 7.52 Å². The quantitative estimate of drug-likeness (QED) is 0.412. The zero-order chi connectivity index (χ0) is 19.2. The fourth-order valence-corrected chi connectivity index (χ4v) is 6.32. The van der Waals surface area contributed by atoms with Gasteiger partial charge >= 0.3 is 7.52 Å². The fraction of sp³-hybridized carbons (Fsp3) is 0.545. The molecule has 1 fully saturated rings. The van der Waals surface area contributed by atoms with Crippen LogP contribution in [0.2, 0.25) is 0 Å². The Morgan fingerprint density at radius 2 is 1.81 bits per heavy atom. The highest BCUT2D eigenvalue weighted by atomic mass is 31.2. The first-order chi connectivity index (χ1) is 12.4. The van der Waals surface area contributed by atoms with Gasteiger partial charge in [-0.05, 0) is 42.7 Å². The minimum Gasteiger partial charge on any atom is -0.310 e. The molecule has 0 aliphatic heterocycles. The van der Waals surface area contributed by atoms with E-state index in [2.05, 4.69) is 33.9 Å². The van der Waals surface area contributed by atoms with Crippen LogP contribution in [0.3, 0.4) is 0 Å². The Morgan fingerprint density at radius 3 is 2.35 bits per heavy atom. The Kier molecular flexibility index (Phi) is 7.88. The molecular formula is C22H34NO2P. The number of hydrogen-bond acceptors (Lipinski definition) is 2. The van der Waals surface area contributed by atoms with Gasteiger partial charge in [-0.3, -0.25) is 4.57 Å². The summed E-state index contributed by atoms with van der Waals surface area (Å²) >= 11 is 0. The molecule has 0 amide bonds. The molecule has 144 valence electrons. The van der Waals surface area contributed by atoms with Crippen molar-refractivity contribution in [2.24, 2.45) is 17.8 Å². The van der Waals surface area contributed by atoms with Crippen LogP contribution in [0.5, 0.6) is 0 Å². The minimum atomic E-state index is -3.20. The molecule has 3 nitrogen and oxygen atoms in total. The summed E-state index contributed by atoms with van der Waals surface area (Å²) in [6.45, 7) is 15.5. The Labute approximate surface area is 159 Å². The Balaban J connectivity index is 2.41. The average Bonchev–Trinajstić information content (AvgIpc) is 2.62. The molecule has 0 spiro atoms. The van der Waals surface area contributed by atoms with Crippen LogP contribution in [-0.2, 0) is 9.09 Å². The molecule has 2 rings (SSSR count). The molecule has 1 aromatic carbocycles. The maximum atomic E-state index is 14.2. The van der Waals surface area contributed by atoms with Gasteiger partial charge in [-0.25, -0.2) is 4.67 Å². The van der Waals surface area contributed by atoms with Crippen molar-refractivity contribution in [3.8, 4) is 0 Å². The summed E-state index contributed by atoms with van der Waals surface area (Å²) in [5.41, 5.74) is 0. The highest BCUT2D eigenvalue weighted by Crippen LogP contribution is 2.53. The van der Waals surface area contributed by atoms with E-state index in [4.69, 9.17) is 4.52 Å². The van der Waals surface area contributed by atoms with Gasteiger partial charge in [-0.1, -0.05) is 57.5 Å². The van der Waals surface area contributed by atoms with Gasteiger partial charge in [0.25, 0.3) is 0 Å². The van der Waals surface area contributed by atoms with Crippen LogP contribution in [-0.4, -0.2) is 23.9 Å². The Hall–Kier alpha value is -1.15. The molecule has 4 heteroatoms. The maximum absolute atomic E-state index is 14.2. The molecule has 0 bridgehead atoms. The van der Waals surface area contributed by atoms with E-state index in [1.807, 2.05) is 35.0 Å². The van der Waals surface area contributed by atoms with E-state index in [1.54, 1.807) is 12.2 Å². The highest BCUT2D eigenvalue weighted by Gasteiger charge is 2.40. The monoisotopic (exact) mass is 375 g/mol. The predicted octanol–water partition coefficient (Wildman–Crippen LogP) is 5.66. The van der Waals surface area contributed by atoms with Gasteiger partial charge in [-0.15, -0.1) is 13.2 Å². The second-order valence-electron chi connectivity index (χ2n) is 7.77. The van der Waals surface area contributed by atoms with Crippen molar-refractivity contribution in [2.45, 2.75) is 46.1 Å². The number of hydrogen-bond donors (Lipinski definition) is 0. The number of benzene rings is 1. The summed E-state index contributed by atoms with van der Waals surface area (Å²) in [6, 6.07) is 9.62. The van der Waals surface area contributed by atoms with E-state index in [-0.39, 0.29) is 6.10 Å². The molecule has 1 aromatic rings. The molecule has 0 radical (unpaired) electrons. The zero-order valence-electron chi connectivity index (χ0n) is 16.5. The first-order valence-corrected chi connectivity index (χ1v) is 11.3. The van der Waals surface area contributed by atoms with Gasteiger partial charge in [0.1, 0.15) is 0 Å². The molecule has 1 aliphatic carbocycles. The van der Waals surface area contributed by atoms with Gasteiger partial charge in [0.2, 0.25) is 0 Å². The van der Waals surface area contributed by atoms with Crippen LogP contribution in [0.15, 0.2) is 55.6 Å². The average molecular weight is 375 g/mol. The topological polar surface area (TPSA) is 29.5 Å². The summed E-state index contributed by atoms with van der Waals surface area (Å²) in [7, 11) is -3.20. The van der Waals surface area contributed by atoms with Crippen molar-refractivity contribution >= 4 is 12.8 Å². The van der Waals surface area contributed by atoms with Gasteiger partial charge < -0.3 is 4.52 Å². The lowest BCUT2D eigenvalue weighted by Gasteiger charge is -2.41. The van der Waals surface area contributed by atoms with Crippen LogP contribution >= 0.6 is 7.52 Å². The molecule has 1 aliphatic rings. The Morgan fingerprint density at radius 1 is 1.19 bits per heavy atom.